The van der Waals surface area contributed by atoms with E-state index in [0.717, 1.165) is 32.0 Å². The van der Waals surface area contributed by atoms with Crippen molar-refractivity contribution in [2.24, 2.45) is 12.0 Å². The van der Waals surface area contributed by atoms with Gasteiger partial charge in [0.1, 0.15) is 0 Å². The van der Waals surface area contributed by atoms with Gasteiger partial charge in [0.15, 0.2) is 5.96 Å². The van der Waals surface area contributed by atoms with E-state index in [-0.39, 0.29) is 0 Å². The summed E-state index contributed by atoms with van der Waals surface area (Å²) in [6, 6.07) is 0. The van der Waals surface area contributed by atoms with Crippen LogP contribution in [0.2, 0.25) is 0 Å². The van der Waals surface area contributed by atoms with Crippen LogP contribution in [0.4, 0.5) is 0 Å². The molecular weight excluding hydrogens is 362 g/mol. The Bertz CT molecular complexity index is 615. The first-order chi connectivity index (χ1) is 13.9. The summed E-state index contributed by atoms with van der Waals surface area (Å²) in [6.45, 7) is 18.6. The van der Waals surface area contributed by atoms with Crippen LogP contribution < -0.4 is 5.32 Å². The Morgan fingerprint density at radius 1 is 1.17 bits per heavy atom. The maximum Gasteiger partial charge on any atom is 0.193 e. The zero-order valence-electron chi connectivity index (χ0n) is 19.6. The van der Waals surface area contributed by atoms with Gasteiger partial charge in [-0.2, -0.15) is 5.10 Å². The molecule has 0 aliphatic carbocycles. The summed E-state index contributed by atoms with van der Waals surface area (Å²) >= 11 is 0. The highest BCUT2D eigenvalue weighted by atomic mass is 15.3. The summed E-state index contributed by atoms with van der Waals surface area (Å²) in [5, 5.41) is 8.07. The van der Waals surface area contributed by atoms with E-state index in [2.05, 4.69) is 66.1 Å². The second kappa shape index (κ2) is 12.2. The molecule has 1 aliphatic heterocycles. The van der Waals surface area contributed by atoms with Gasteiger partial charge in [-0.3, -0.25) is 9.67 Å². The highest BCUT2D eigenvalue weighted by Crippen LogP contribution is 2.18. The molecule has 1 fully saturated rings. The lowest BCUT2D eigenvalue weighted by molar-refractivity contribution is 0.136. The third-order valence-corrected chi connectivity index (χ3v) is 5.64. The molecule has 7 heteroatoms. The Hall–Kier alpha value is -1.60. The lowest BCUT2D eigenvalue weighted by Gasteiger charge is -2.33. The van der Waals surface area contributed by atoms with Crippen LogP contribution in [0.5, 0.6) is 0 Å². The number of aliphatic imine (C=N–C) groups is 1. The summed E-state index contributed by atoms with van der Waals surface area (Å²) in [5.74, 6) is 1.42. The molecule has 0 atom stereocenters. The number of aromatic nitrogens is 2. The van der Waals surface area contributed by atoms with E-state index in [1.54, 1.807) is 0 Å². The molecule has 1 aromatic rings. The monoisotopic (exact) mass is 405 g/mol. The van der Waals surface area contributed by atoms with E-state index >= 15 is 0 Å². The third-order valence-electron chi connectivity index (χ3n) is 5.64. The van der Waals surface area contributed by atoms with Gasteiger partial charge in [-0.15, -0.1) is 0 Å². The van der Waals surface area contributed by atoms with Gasteiger partial charge in [-0.05, 0) is 38.8 Å². The summed E-state index contributed by atoms with van der Waals surface area (Å²) < 4.78 is 1.92. The number of likely N-dealkylation sites (N-methyl/N-ethyl adjacent to an activating group) is 1. The Morgan fingerprint density at radius 2 is 1.86 bits per heavy atom. The van der Waals surface area contributed by atoms with Crippen molar-refractivity contribution in [1.82, 2.24) is 29.8 Å². The van der Waals surface area contributed by atoms with Crippen LogP contribution >= 0.6 is 0 Å². The number of hydrogen-bond acceptors (Lipinski definition) is 4. The number of aryl methyl sites for hydroxylation is 1. The molecule has 0 amide bonds. The minimum atomic E-state index is 0.429. The summed E-state index contributed by atoms with van der Waals surface area (Å²) in [7, 11) is 4.11. The minimum absolute atomic E-state index is 0.429. The number of hydrogen-bond donors (Lipinski definition) is 1. The molecule has 1 aliphatic rings. The zero-order chi connectivity index (χ0) is 21.2. The van der Waals surface area contributed by atoms with E-state index in [0.29, 0.717) is 5.92 Å². The van der Waals surface area contributed by atoms with Crippen molar-refractivity contribution in [3.63, 3.8) is 0 Å². The molecule has 2 heterocycles. The van der Waals surface area contributed by atoms with Gasteiger partial charge in [-0.25, -0.2) is 0 Å². The van der Waals surface area contributed by atoms with E-state index in [9.17, 15) is 0 Å². The fourth-order valence-corrected chi connectivity index (χ4v) is 3.92. The Labute approximate surface area is 178 Å². The maximum absolute atomic E-state index is 4.88. The van der Waals surface area contributed by atoms with Gasteiger partial charge >= 0.3 is 0 Å². The van der Waals surface area contributed by atoms with Gasteiger partial charge in [0.2, 0.25) is 0 Å². The molecular formula is C22H43N7. The van der Waals surface area contributed by atoms with Crippen LogP contribution in [-0.4, -0.2) is 89.8 Å². The highest BCUT2D eigenvalue weighted by Gasteiger charge is 2.16. The van der Waals surface area contributed by atoms with Crippen molar-refractivity contribution in [2.45, 2.75) is 53.0 Å². The number of unbranched alkanes of at least 4 members (excludes halogenated alkanes) is 1. The molecule has 0 bridgehead atoms. The lowest BCUT2D eigenvalue weighted by Crippen LogP contribution is -2.46. The predicted molar refractivity (Wildman–Crippen MR) is 123 cm³/mol. The second-order valence-electron chi connectivity index (χ2n) is 8.44. The molecule has 0 unspecified atom stereocenters. The van der Waals surface area contributed by atoms with Crippen molar-refractivity contribution in [3.8, 4) is 0 Å². The van der Waals surface area contributed by atoms with Crippen molar-refractivity contribution in [3.05, 3.63) is 17.5 Å². The molecule has 29 heavy (non-hydrogen) atoms. The quantitative estimate of drug-likeness (QED) is 0.368. The minimum Gasteiger partial charge on any atom is -0.357 e. The fourth-order valence-electron chi connectivity index (χ4n) is 3.92. The molecule has 1 aromatic heterocycles. The molecule has 7 nitrogen and oxygen atoms in total. The SMILES string of the molecule is CCNC(=NCCCCN1CCN(CC)CC1)N(C)Cc1cn(C)nc1C(C)C. The number of guanidine groups is 1. The topological polar surface area (TPSA) is 51.9 Å². The average molecular weight is 406 g/mol. The van der Waals surface area contributed by atoms with E-state index in [4.69, 9.17) is 4.99 Å². The molecule has 1 N–H and O–H groups in total. The first kappa shape index (κ1) is 23.7. The Balaban J connectivity index is 1.80. The van der Waals surface area contributed by atoms with Gasteiger partial charge in [-0.1, -0.05) is 20.8 Å². The van der Waals surface area contributed by atoms with Crippen LogP contribution in [0.3, 0.4) is 0 Å². The summed E-state index contributed by atoms with van der Waals surface area (Å²) in [6.07, 6.45) is 4.49. The Morgan fingerprint density at radius 3 is 2.48 bits per heavy atom. The van der Waals surface area contributed by atoms with E-state index in [1.807, 2.05) is 11.7 Å². The van der Waals surface area contributed by atoms with Crippen LogP contribution in [-0.2, 0) is 13.6 Å². The van der Waals surface area contributed by atoms with Crippen LogP contribution in [0.15, 0.2) is 11.2 Å². The van der Waals surface area contributed by atoms with E-state index in [1.165, 1.54) is 56.9 Å². The zero-order valence-corrected chi connectivity index (χ0v) is 19.6. The highest BCUT2D eigenvalue weighted by molar-refractivity contribution is 5.79. The van der Waals surface area contributed by atoms with Gasteiger partial charge in [0.05, 0.1) is 5.69 Å². The molecule has 0 saturated carbocycles. The molecule has 2 rings (SSSR count). The third kappa shape index (κ3) is 7.63. The normalized spacial score (nSPS) is 16.6. The standard InChI is InChI=1S/C22H43N7/c1-7-23-22(26(5)17-20-18-27(6)25-21(20)19(3)4)24-11-9-10-12-29-15-13-28(8-2)14-16-29/h18-19H,7-17H2,1-6H3,(H,23,24). The smallest absolute Gasteiger partial charge is 0.193 e. The number of nitrogens with zero attached hydrogens (tertiary/aromatic N) is 6. The molecule has 0 spiro atoms. The number of nitrogens with one attached hydrogen (secondary N) is 1. The van der Waals surface area contributed by atoms with Crippen LogP contribution in [0.25, 0.3) is 0 Å². The van der Waals surface area contributed by atoms with Crippen molar-refractivity contribution < 1.29 is 0 Å². The van der Waals surface area contributed by atoms with Crippen molar-refractivity contribution in [2.75, 3.05) is 59.4 Å². The van der Waals surface area contributed by atoms with Crippen LogP contribution in [0.1, 0.15) is 57.7 Å². The number of rotatable bonds is 10. The van der Waals surface area contributed by atoms with Crippen molar-refractivity contribution >= 4 is 5.96 Å². The summed E-state index contributed by atoms with van der Waals surface area (Å²) in [4.78, 5) is 12.2. The van der Waals surface area contributed by atoms with Gasteiger partial charge < -0.3 is 20.0 Å². The largest absolute Gasteiger partial charge is 0.357 e. The number of piperazine rings is 1. The molecule has 0 aromatic carbocycles. The van der Waals surface area contributed by atoms with Gasteiger partial charge in [0, 0.05) is 71.7 Å². The molecule has 0 radical (unpaired) electrons. The predicted octanol–water partition coefficient (Wildman–Crippen LogP) is 2.36. The van der Waals surface area contributed by atoms with Crippen LogP contribution in [0, 0.1) is 0 Å². The first-order valence-corrected chi connectivity index (χ1v) is 11.4. The van der Waals surface area contributed by atoms with Gasteiger partial charge in [0.25, 0.3) is 0 Å². The van der Waals surface area contributed by atoms with E-state index < -0.39 is 0 Å². The molecule has 166 valence electrons. The maximum atomic E-state index is 4.88. The Kier molecular flexibility index (Phi) is 9.94. The second-order valence-corrected chi connectivity index (χ2v) is 8.44. The lowest BCUT2D eigenvalue weighted by atomic mass is 10.1. The fraction of sp³-hybridized carbons (Fsp3) is 0.818. The summed E-state index contributed by atoms with van der Waals surface area (Å²) in [5.41, 5.74) is 2.46. The molecule has 1 saturated heterocycles. The first-order valence-electron chi connectivity index (χ1n) is 11.4. The van der Waals surface area contributed by atoms with Crippen molar-refractivity contribution in [1.29, 1.82) is 0 Å². The average Bonchev–Trinajstić information content (AvgIpc) is 3.07.